The molecule has 1 aliphatic heterocycles. The summed E-state index contributed by atoms with van der Waals surface area (Å²) in [4.78, 5) is 174. The highest BCUT2D eigenvalue weighted by Gasteiger charge is 2.46. The summed E-state index contributed by atoms with van der Waals surface area (Å²) >= 11 is 1.41. The monoisotopic (exact) mass is 1320 g/mol. The van der Waals surface area contributed by atoms with E-state index in [1.54, 1.807) is 47.6 Å². The van der Waals surface area contributed by atoms with Crippen LogP contribution in [0.5, 0.6) is 0 Å². The number of carbonyl (C=O) groups is 11. The SMILES string of the molecule is C/C=C/C[C@@H](C)[C@@H](O)C1C(=O)N[C@@H](CC)C(=O)N(C)C(CSCCN(C)C)C(=O)N(C)[C@@H](CC(C)C)C(=O)N[C@@H](C(C)C)C(=O)N(C)[C@@H](CC(C)C)C(=O)N[C@@H](C)C(=O)N[C@H](C)C(=O)N(C)[C@@H](CC(C)C)C(=O)N(C)[C@@H](CC(C)C)C(=O)N(C)[C@@H](C(C)C)C(=O)N1C. The summed E-state index contributed by atoms with van der Waals surface area (Å²) in [5.74, 6) is -9.09. The smallest absolute Gasteiger partial charge is 0.246 e. The predicted octanol–water partition coefficient (Wildman–Crippen LogP) is 3.93. The topological polar surface area (TPSA) is 282 Å². The Balaban J connectivity index is 4.53. The molecule has 1 saturated heterocycles. The Bertz CT molecular complexity index is 2490. The normalized spacial score (nSPS) is 26.7. The minimum Gasteiger partial charge on any atom is -0.390 e. The van der Waals surface area contributed by atoms with Gasteiger partial charge in [-0.15, -0.1) is 0 Å². The molecule has 1 rings (SSSR count). The fraction of sp³-hybridized carbons (Fsp3) is 0.806. The molecule has 0 aromatic rings. The van der Waals surface area contributed by atoms with E-state index in [9.17, 15) is 29.1 Å². The average molecular weight is 1320 g/mol. The maximum atomic E-state index is 15.3. The first-order valence-electron chi connectivity index (χ1n) is 33.1. The van der Waals surface area contributed by atoms with Crippen LogP contribution >= 0.6 is 11.8 Å². The summed E-state index contributed by atoms with van der Waals surface area (Å²) in [7, 11) is 13.9. The molecule has 0 radical (unpaired) electrons. The molecule has 5 N–H and O–H groups in total. The number of hydrogen-bond donors (Lipinski definition) is 5. The van der Waals surface area contributed by atoms with Crippen molar-refractivity contribution in [2.45, 2.75) is 229 Å². The number of likely N-dealkylation sites (N-methyl/N-ethyl adjacent to an activating group) is 7. The maximum Gasteiger partial charge on any atom is 0.246 e. The Morgan fingerprint density at radius 1 is 0.467 bits per heavy atom. The highest BCUT2D eigenvalue weighted by atomic mass is 32.2. The van der Waals surface area contributed by atoms with Gasteiger partial charge in [-0.05, 0) is 115 Å². The minimum atomic E-state index is -1.63. The molecule has 1 fully saturated rings. The molecular formula is C67H122N12O12S. The van der Waals surface area contributed by atoms with Crippen molar-refractivity contribution in [2.24, 2.45) is 41.4 Å². The molecule has 11 amide bonds. The van der Waals surface area contributed by atoms with Crippen molar-refractivity contribution in [2.75, 3.05) is 81.5 Å². The van der Waals surface area contributed by atoms with E-state index in [0.717, 1.165) is 4.90 Å². The van der Waals surface area contributed by atoms with Crippen molar-refractivity contribution in [1.82, 2.24) is 60.5 Å². The number of thioether (sulfide) groups is 1. The lowest BCUT2D eigenvalue weighted by Gasteiger charge is -2.41. The zero-order chi connectivity index (χ0) is 71.3. The third-order valence-electron chi connectivity index (χ3n) is 17.3. The minimum absolute atomic E-state index is 0.00947. The molecule has 0 bridgehead atoms. The lowest BCUT2D eigenvalue weighted by molar-refractivity contribution is -0.157. The number of aliphatic hydroxyl groups excluding tert-OH is 1. The molecular weight excluding hydrogens is 1200 g/mol. The summed E-state index contributed by atoms with van der Waals surface area (Å²) in [5.41, 5.74) is 0. The summed E-state index contributed by atoms with van der Waals surface area (Å²) in [6.45, 7) is 30.7. The Morgan fingerprint density at radius 2 is 0.870 bits per heavy atom. The average Bonchev–Trinajstić information content (AvgIpc) is 0.861. The van der Waals surface area contributed by atoms with Crippen molar-refractivity contribution < 1.29 is 57.8 Å². The van der Waals surface area contributed by atoms with Crippen LogP contribution in [0.2, 0.25) is 0 Å². The van der Waals surface area contributed by atoms with Gasteiger partial charge in [0.2, 0.25) is 65.0 Å². The second-order valence-electron chi connectivity index (χ2n) is 28.2. The van der Waals surface area contributed by atoms with Crippen LogP contribution in [0.4, 0.5) is 0 Å². The molecule has 2 unspecified atom stereocenters. The van der Waals surface area contributed by atoms with Gasteiger partial charge in [-0.1, -0.05) is 109 Å². The lowest BCUT2D eigenvalue weighted by Crippen LogP contribution is -2.64. The first-order chi connectivity index (χ1) is 42.5. The van der Waals surface area contributed by atoms with E-state index in [1.807, 2.05) is 87.4 Å². The van der Waals surface area contributed by atoms with Crippen molar-refractivity contribution in [1.29, 1.82) is 0 Å². The quantitative estimate of drug-likeness (QED) is 0.0854. The van der Waals surface area contributed by atoms with Crippen molar-refractivity contribution in [3.8, 4) is 0 Å². The van der Waals surface area contributed by atoms with E-state index in [-0.39, 0.29) is 61.5 Å². The van der Waals surface area contributed by atoms with Gasteiger partial charge in [0.1, 0.15) is 66.5 Å². The van der Waals surface area contributed by atoms with E-state index in [4.69, 9.17) is 0 Å². The zero-order valence-corrected chi connectivity index (χ0v) is 61.7. The molecule has 0 spiro atoms. The number of hydrogen-bond acceptors (Lipinski definition) is 14. The number of nitrogens with zero attached hydrogens (tertiary/aromatic N) is 8. The van der Waals surface area contributed by atoms with Gasteiger partial charge in [0, 0.05) is 67.4 Å². The lowest BCUT2D eigenvalue weighted by atomic mass is 9.91. The maximum absolute atomic E-state index is 15.3. The van der Waals surface area contributed by atoms with Crippen molar-refractivity contribution in [3.63, 3.8) is 0 Å². The summed E-state index contributed by atoms with van der Waals surface area (Å²) in [5, 5.41) is 23.5. The third kappa shape index (κ3) is 24.2. The number of carbonyl (C=O) groups excluding carboxylic acids is 11. The Hall–Kier alpha value is -5.82. The van der Waals surface area contributed by atoms with Crippen LogP contribution in [0, 0.1) is 41.4 Å². The van der Waals surface area contributed by atoms with Gasteiger partial charge in [-0.2, -0.15) is 11.8 Å². The Labute approximate surface area is 556 Å². The van der Waals surface area contributed by atoms with Crippen LogP contribution in [0.1, 0.15) is 156 Å². The number of amides is 11. The largest absolute Gasteiger partial charge is 0.390 e. The molecule has 1 aliphatic rings. The van der Waals surface area contributed by atoms with Gasteiger partial charge in [0.15, 0.2) is 0 Å². The molecule has 24 nitrogen and oxygen atoms in total. The van der Waals surface area contributed by atoms with E-state index < -0.39 is 155 Å². The molecule has 0 aromatic carbocycles. The second kappa shape index (κ2) is 39.1. The fourth-order valence-corrected chi connectivity index (χ4v) is 12.7. The zero-order valence-electron chi connectivity index (χ0n) is 60.9. The van der Waals surface area contributed by atoms with Gasteiger partial charge >= 0.3 is 0 Å². The first kappa shape index (κ1) is 84.2. The van der Waals surface area contributed by atoms with E-state index in [0.29, 0.717) is 18.7 Å². The highest BCUT2D eigenvalue weighted by Crippen LogP contribution is 2.26. The van der Waals surface area contributed by atoms with Gasteiger partial charge in [-0.3, -0.25) is 52.7 Å². The molecule has 1 heterocycles. The number of nitrogens with one attached hydrogen (secondary N) is 4. The van der Waals surface area contributed by atoms with Crippen LogP contribution in [0.3, 0.4) is 0 Å². The molecule has 528 valence electrons. The first-order valence-corrected chi connectivity index (χ1v) is 34.3. The van der Waals surface area contributed by atoms with E-state index in [2.05, 4.69) is 21.3 Å². The van der Waals surface area contributed by atoms with Crippen molar-refractivity contribution >= 4 is 76.7 Å². The van der Waals surface area contributed by atoms with Gasteiger partial charge < -0.3 is 65.6 Å². The number of aliphatic hydroxyl groups is 1. The van der Waals surface area contributed by atoms with Crippen LogP contribution in [-0.4, -0.2) is 263 Å². The van der Waals surface area contributed by atoms with Gasteiger partial charge in [0.25, 0.3) is 0 Å². The Kier molecular flexibility index (Phi) is 35.8. The Morgan fingerprint density at radius 3 is 1.32 bits per heavy atom. The van der Waals surface area contributed by atoms with Crippen LogP contribution < -0.4 is 21.3 Å². The number of rotatable bonds is 20. The highest BCUT2D eigenvalue weighted by molar-refractivity contribution is 7.99. The van der Waals surface area contributed by atoms with E-state index in [1.165, 1.54) is 104 Å². The second-order valence-corrected chi connectivity index (χ2v) is 29.3. The summed E-state index contributed by atoms with van der Waals surface area (Å²) in [6.07, 6.45) is 3.00. The fourth-order valence-electron chi connectivity index (χ4n) is 11.4. The van der Waals surface area contributed by atoms with Gasteiger partial charge in [-0.25, -0.2) is 0 Å². The summed E-state index contributed by atoms with van der Waals surface area (Å²) < 4.78 is 0. The van der Waals surface area contributed by atoms with Crippen LogP contribution in [0.15, 0.2) is 12.2 Å². The third-order valence-corrected chi connectivity index (χ3v) is 18.4. The van der Waals surface area contributed by atoms with E-state index >= 15 is 28.8 Å². The van der Waals surface area contributed by atoms with Crippen molar-refractivity contribution in [3.05, 3.63) is 12.2 Å². The predicted molar refractivity (Wildman–Crippen MR) is 363 cm³/mol. The van der Waals surface area contributed by atoms with Gasteiger partial charge in [0.05, 0.1) is 6.10 Å². The van der Waals surface area contributed by atoms with Crippen LogP contribution in [-0.2, 0) is 52.7 Å². The summed E-state index contributed by atoms with van der Waals surface area (Å²) in [6, 6.07) is -13.7. The standard InChI is InChI=1S/C67H122N12O12S/c1-27-29-30-44(15)56(80)55-60(84)70-47(28-2)62(86)77(24)52(37-92-32-31-72(18)19)65(89)73(20)49(34-39(5)6)59(83)71-53(42(11)12)66(90)74(21)48(33-38(3)4)58(82)68-45(16)57(81)69-46(17)61(85)75(22)50(35-40(7)8)63(87)76(23)51(36-41(9)10)64(88)78(25)54(43(13)14)67(91)79(55)26/h27,29,38-56,80H,28,30-37H2,1-26H3,(H,68,82)(H,69,81)(H,70,84)(H,71,83)/b29-27+/t44-,45+,46-,47+,48+,49+,50+,51+,52?,53+,54+,55?,56-/m1/s1. The molecule has 92 heavy (non-hydrogen) atoms. The molecule has 25 heteroatoms. The number of allylic oxidation sites excluding steroid dienone is 2. The van der Waals surface area contributed by atoms with Crippen LogP contribution in [0.25, 0.3) is 0 Å². The molecule has 0 saturated carbocycles. The molecule has 13 atom stereocenters. The molecule has 0 aliphatic carbocycles. The molecule has 0 aromatic heterocycles.